The number of benzene rings is 2. The van der Waals surface area contributed by atoms with Crippen LogP contribution >= 0.6 is 11.6 Å². The van der Waals surface area contributed by atoms with Gasteiger partial charge in [0.1, 0.15) is 0 Å². The second-order valence-electron chi connectivity index (χ2n) is 7.82. The Balaban J connectivity index is 1.82. The van der Waals surface area contributed by atoms with E-state index in [9.17, 15) is 4.79 Å². The SMILES string of the molecule is CCCOc1c(Cl)cc(/C=C/C(=O)Nc2c(C)cccc2-c2nc(C(C)C)no2)cc1OC. The first kappa shape index (κ1) is 24.3. The van der Waals surface area contributed by atoms with Gasteiger partial charge in [-0.25, -0.2) is 0 Å². The third-order valence-corrected chi connectivity index (χ3v) is 5.12. The van der Waals surface area contributed by atoms with Crippen molar-refractivity contribution in [3.8, 4) is 23.0 Å². The highest BCUT2D eigenvalue weighted by Gasteiger charge is 2.17. The number of nitrogens with zero attached hydrogens (tertiary/aromatic N) is 2. The van der Waals surface area contributed by atoms with Crippen molar-refractivity contribution in [2.45, 2.75) is 40.0 Å². The van der Waals surface area contributed by atoms with Gasteiger partial charge in [0, 0.05) is 12.0 Å². The van der Waals surface area contributed by atoms with Crippen LogP contribution in [0.1, 0.15) is 50.1 Å². The zero-order valence-electron chi connectivity index (χ0n) is 19.4. The molecule has 1 amide bonds. The van der Waals surface area contributed by atoms with Crippen LogP contribution in [0.3, 0.4) is 0 Å². The Labute approximate surface area is 198 Å². The number of nitrogens with one attached hydrogen (secondary N) is 1. The molecule has 0 aliphatic heterocycles. The third kappa shape index (κ3) is 5.93. The first-order valence-corrected chi connectivity index (χ1v) is 11.1. The highest BCUT2D eigenvalue weighted by Crippen LogP contribution is 2.37. The fraction of sp³-hybridized carbons (Fsp3) is 0.320. The average molecular weight is 470 g/mol. The lowest BCUT2D eigenvalue weighted by Crippen LogP contribution is -2.10. The molecule has 0 bridgehead atoms. The van der Waals surface area contributed by atoms with Gasteiger partial charge in [-0.1, -0.05) is 49.7 Å². The first-order chi connectivity index (χ1) is 15.8. The predicted molar refractivity (Wildman–Crippen MR) is 130 cm³/mol. The highest BCUT2D eigenvalue weighted by molar-refractivity contribution is 6.32. The van der Waals surface area contributed by atoms with Crippen molar-refractivity contribution in [2.75, 3.05) is 19.0 Å². The van der Waals surface area contributed by atoms with Gasteiger partial charge in [-0.15, -0.1) is 0 Å². The largest absolute Gasteiger partial charge is 0.493 e. The molecule has 8 heteroatoms. The first-order valence-electron chi connectivity index (χ1n) is 10.8. The van der Waals surface area contributed by atoms with Crippen LogP contribution in [0, 0.1) is 6.92 Å². The summed E-state index contributed by atoms with van der Waals surface area (Å²) in [7, 11) is 1.55. The number of rotatable bonds is 9. The zero-order valence-corrected chi connectivity index (χ0v) is 20.2. The topological polar surface area (TPSA) is 86.5 Å². The van der Waals surface area contributed by atoms with E-state index in [2.05, 4.69) is 15.5 Å². The molecule has 3 aromatic rings. The number of carbonyl (C=O) groups is 1. The molecule has 174 valence electrons. The number of aromatic nitrogens is 2. The summed E-state index contributed by atoms with van der Waals surface area (Å²) >= 11 is 6.36. The average Bonchev–Trinajstić information content (AvgIpc) is 3.28. The van der Waals surface area contributed by atoms with Gasteiger partial charge in [0.05, 0.1) is 30.0 Å². The second-order valence-corrected chi connectivity index (χ2v) is 8.22. The maximum absolute atomic E-state index is 12.7. The molecule has 0 saturated heterocycles. The molecule has 0 atom stereocenters. The van der Waals surface area contributed by atoms with E-state index in [4.69, 9.17) is 25.6 Å². The summed E-state index contributed by atoms with van der Waals surface area (Å²) in [6.07, 6.45) is 3.95. The van der Waals surface area contributed by atoms with Crippen LogP contribution in [0.4, 0.5) is 5.69 Å². The zero-order chi connectivity index (χ0) is 24.0. The number of carbonyl (C=O) groups excluding carboxylic acids is 1. The van der Waals surface area contributed by atoms with Crippen LogP contribution in [-0.4, -0.2) is 29.8 Å². The fourth-order valence-electron chi connectivity index (χ4n) is 3.11. The van der Waals surface area contributed by atoms with Crippen molar-refractivity contribution in [3.63, 3.8) is 0 Å². The van der Waals surface area contributed by atoms with Crippen LogP contribution in [0.15, 0.2) is 40.9 Å². The Hall–Kier alpha value is -3.32. The molecule has 1 aromatic heterocycles. The quantitative estimate of drug-likeness (QED) is 0.371. The number of anilines is 1. The van der Waals surface area contributed by atoms with E-state index in [0.29, 0.717) is 51.7 Å². The van der Waals surface area contributed by atoms with Gasteiger partial charge in [-0.2, -0.15) is 4.98 Å². The molecule has 0 fully saturated rings. The molecule has 0 unspecified atom stereocenters. The smallest absolute Gasteiger partial charge is 0.260 e. The second kappa shape index (κ2) is 11.0. The Morgan fingerprint density at radius 3 is 2.76 bits per heavy atom. The van der Waals surface area contributed by atoms with E-state index in [1.54, 1.807) is 25.3 Å². The van der Waals surface area contributed by atoms with E-state index < -0.39 is 0 Å². The predicted octanol–water partition coefficient (Wildman–Crippen LogP) is 6.27. The minimum Gasteiger partial charge on any atom is -0.493 e. The molecule has 1 N–H and O–H groups in total. The molecule has 33 heavy (non-hydrogen) atoms. The fourth-order valence-corrected chi connectivity index (χ4v) is 3.38. The number of halogens is 1. The molecule has 7 nitrogen and oxygen atoms in total. The molecule has 0 saturated carbocycles. The van der Waals surface area contributed by atoms with Gasteiger partial charge in [-0.05, 0) is 48.7 Å². The number of para-hydroxylation sites is 1. The lowest BCUT2D eigenvalue weighted by molar-refractivity contribution is -0.111. The van der Waals surface area contributed by atoms with Gasteiger partial charge >= 0.3 is 0 Å². The summed E-state index contributed by atoms with van der Waals surface area (Å²) in [6, 6.07) is 9.12. The molecule has 2 aromatic carbocycles. The summed E-state index contributed by atoms with van der Waals surface area (Å²) in [4.78, 5) is 17.2. The van der Waals surface area contributed by atoms with E-state index >= 15 is 0 Å². The van der Waals surface area contributed by atoms with Gasteiger partial charge in [0.25, 0.3) is 5.89 Å². The van der Waals surface area contributed by atoms with Crippen molar-refractivity contribution in [3.05, 3.63) is 58.4 Å². The number of aryl methyl sites for hydroxylation is 1. The summed E-state index contributed by atoms with van der Waals surface area (Å²) in [6.45, 7) is 8.43. The molecular formula is C25H28ClN3O4. The van der Waals surface area contributed by atoms with E-state index in [0.717, 1.165) is 12.0 Å². The summed E-state index contributed by atoms with van der Waals surface area (Å²) in [5.74, 6) is 1.80. The number of methoxy groups -OCH3 is 1. The molecular weight excluding hydrogens is 442 g/mol. The van der Waals surface area contributed by atoms with Crippen LogP contribution < -0.4 is 14.8 Å². The number of hydrogen-bond acceptors (Lipinski definition) is 6. The molecule has 1 heterocycles. The molecule has 0 radical (unpaired) electrons. The lowest BCUT2D eigenvalue weighted by atomic mass is 10.1. The van der Waals surface area contributed by atoms with E-state index in [-0.39, 0.29) is 11.8 Å². The van der Waals surface area contributed by atoms with Gasteiger partial charge in [0.2, 0.25) is 5.91 Å². The van der Waals surface area contributed by atoms with E-state index in [1.165, 1.54) is 6.08 Å². The van der Waals surface area contributed by atoms with Crippen molar-refractivity contribution in [2.24, 2.45) is 0 Å². The van der Waals surface area contributed by atoms with Crippen molar-refractivity contribution in [1.29, 1.82) is 0 Å². The van der Waals surface area contributed by atoms with Gasteiger partial charge in [0.15, 0.2) is 17.3 Å². The van der Waals surface area contributed by atoms with Crippen molar-refractivity contribution in [1.82, 2.24) is 10.1 Å². The Morgan fingerprint density at radius 2 is 2.09 bits per heavy atom. The maximum Gasteiger partial charge on any atom is 0.260 e. The molecule has 0 spiro atoms. The van der Waals surface area contributed by atoms with Gasteiger partial charge in [-0.3, -0.25) is 4.79 Å². The summed E-state index contributed by atoms with van der Waals surface area (Å²) in [5.41, 5.74) is 2.86. The lowest BCUT2D eigenvalue weighted by Gasteiger charge is -2.13. The van der Waals surface area contributed by atoms with Crippen LogP contribution in [-0.2, 0) is 4.79 Å². The molecule has 3 rings (SSSR count). The standard InChI is InChI=1S/C25H28ClN3O4/c1-6-12-32-23-19(26)13-17(14-20(23)31-5)10-11-21(30)27-22-16(4)8-7-9-18(22)25-28-24(15(2)3)29-33-25/h7-11,13-15H,6,12H2,1-5H3,(H,27,30)/b11-10+. The summed E-state index contributed by atoms with van der Waals surface area (Å²) in [5, 5.41) is 7.36. The maximum atomic E-state index is 12.7. The normalized spacial score (nSPS) is 11.2. The monoisotopic (exact) mass is 469 g/mol. The number of amides is 1. The van der Waals surface area contributed by atoms with Crippen molar-refractivity contribution < 1.29 is 18.8 Å². The Bertz CT molecular complexity index is 1150. The van der Waals surface area contributed by atoms with Crippen molar-refractivity contribution >= 4 is 29.3 Å². The highest BCUT2D eigenvalue weighted by atomic mass is 35.5. The minimum absolute atomic E-state index is 0.135. The summed E-state index contributed by atoms with van der Waals surface area (Å²) < 4.78 is 16.5. The van der Waals surface area contributed by atoms with Crippen LogP contribution in [0.25, 0.3) is 17.5 Å². The molecule has 0 aliphatic rings. The number of ether oxygens (including phenoxy) is 2. The minimum atomic E-state index is -0.310. The third-order valence-electron chi connectivity index (χ3n) is 4.84. The number of hydrogen-bond donors (Lipinski definition) is 1. The van der Waals surface area contributed by atoms with Gasteiger partial charge < -0.3 is 19.3 Å². The molecule has 0 aliphatic carbocycles. The van der Waals surface area contributed by atoms with Crippen LogP contribution in [0.2, 0.25) is 5.02 Å². The Morgan fingerprint density at radius 1 is 1.30 bits per heavy atom. The van der Waals surface area contributed by atoms with E-state index in [1.807, 2.05) is 45.9 Å². The van der Waals surface area contributed by atoms with Crippen LogP contribution in [0.5, 0.6) is 11.5 Å². The Kier molecular flexibility index (Phi) is 8.11.